The van der Waals surface area contributed by atoms with E-state index in [2.05, 4.69) is 28.5 Å². The van der Waals surface area contributed by atoms with Crippen molar-refractivity contribution in [1.29, 1.82) is 0 Å². The van der Waals surface area contributed by atoms with Gasteiger partial charge in [0.25, 0.3) is 10.8 Å². The number of hydrogen-bond donors (Lipinski definition) is 3. The van der Waals surface area contributed by atoms with Crippen LogP contribution in [0, 0.1) is 12.3 Å². The summed E-state index contributed by atoms with van der Waals surface area (Å²) in [6, 6.07) is 11.6. The number of carbonyl (C=O) groups excluding carboxylic acids is 1. The molecular formula is C27H37Cl5KN4O4+. The van der Waals surface area contributed by atoms with Gasteiger partial charge in [0.2, 0.25) is 0 Å². The number of nitrogen functional groups attached to an aromatic ring is 1. The third-order valence-electron chi connectivity index (χ3n) is 2.99. The number of rotatable bonds is 2. The van der Waals surface area contributed by atoms with E-state index < -0.39 is 10.8 Å². The van der Waals surface area contributed by atoms with Crippen molar-refractivity contribution in [1.82, 2.24) is 9.78 Å². The third kappa shape index (κ3) is 30.7. The second kappa shape index (κ2) is 23.8. The maximum absolute atomic E-state index is 10.9. The number of halogens is 5. The SMILES string of the molecule is C.C#CC(=O)Cl.CC(C)(C)[O-].CC(C)(C)[OH2+].NNc1ccc(Cl)c(Cl)c1.O=c1ccn(-c2ccc(Cl)c(Cl)c2)[nH]1.[K+]. The van der Waals surface area contributed by atoms with Gasteiger partial charge in [0.15, 0.2) is 5.60 Å². The first-order chi connectivity index (χ1) is 17.7. The molecule has 3 aromatic rings. The van der Waals surface area contributed by atoms with E-state index in [0.717, 1.165) is 11.4 Å². The molecule has 6 N–H and O–H groups in total. The summed E-state index contributed by atoms with van der Waals surface area (Å²) in [7, 11) is 0. The number of nitrogens with two attached hydrogens (primary N) is 1. The molecule has 8 nitrogen and oxygen atoms in total. The number of carbonyl (C=O) groups is 1. The number of hydrogen-bond acceptors (Lipinski definition) is 5. The number of nitrogens with one attached hydrogen (secondary N) is 2. The summed E-state index contributed by atoms with van der Waals surface area (Å²) in [6.45, 7) is 10.5. The van der Waals surface area contributed by atoms with Crippen LogP contribution in [0.3, 0.4) is 0 Å². The van der Waals surface area contributed by atoms with E-state index in [9.17, 15) is 14.7 Å². The van der Waals surface area contributed by atoms with Crippen LogP contribution >= 0.6 is 58.0 Å². The van der Waals surface area contributed by atoms with Crippen molar-refractivity contribution in [3.63, 3.8) is 0 Å². The monoisotopic (exact) mass is 695 g/mol. The molecule has 0 bridgehead atoms. The summed E-state index contributed by atoms with van der Waals surface area (Å²) in [5.41, 5.74) is 2.81. The molecule has 1 aromatic heterocycles. The Morgan fingerprint density at radius 1 is 0.976 bits per heavy atom. The van der Waals surface area contributed by atoms with Gasteiger partial charge in [0, 0.05) is 33.0 Å². The Labute approximate surface area is 310 Å². The first kappa shape index (κ1) is 47.4. The molecule has 0 fully saturated rings. The number of aromatic nitrogens is 2. The molecule has 0 spiro atoms. The Kier molecular flexibility index (Phi) is 27.6. The van der Waals surface area contributed by atoms with E-state index in [4.69, 9.17) is 57.4 Å². The number of H-pyrrole nitrogens is 1. The van der Waals surface area contributed by atoms with Crippen LogP contribution < -0.4 is 73.3 Å². The van der Waals surface area contributed by atoms with Crippen molar-refractivity contribution in [2.24, 2.45) is 5.84 Å². The van der Waals surface area contributed by atoms with E-state index in [0.29, 0.717) is 20.1 Å². The van der Waals surface area contributed by atoms with Gasteiger partial charge < -0.3 is 15.6 Å². The predicted molar refractivity (Wildman–Crippen MR) is 170 cm³/mol. The van der Waals surface area contributed by atoms with Crippen LogP contribution in [0.1, 0.15) is 49.0 Å². The molecule has 3 rings (SSSR count). The fraction of sp³-hybridized carbons (Fsp3) is 0.333. The van der Waals surface area contributed by atoms with Gasteiger partial charge in [-0.15, -0.1) is 12.0 Å². The molecule has 2 aromatic carbocycles. The third-order valence-corrected chi connectivity index (χ3v) is 4.57. The molecular weight excluding hydrogens is 661 g/mol. The molecule has 0 saturated heterocycles. The summed E-state index contributed by atoms with van der Waals surface area (Å²) < 4.78 is 1.57. The average Bonchev–Trinajstić information content (AvgIpc) is 3.22. The summed E-state index contributed by atoms with van der Waals surface area (Å²) >= 11 is 27.5. The van der Waals surface area contributed by atoms with Crippen LogP contribution in [0.4, 0.5) is 5.69 Å². The predicted octanol–water partition coefficient (Wildman–Crippen LogP) is 3.43. The van der Waals surface area contributed by atoms with Gasteiger partial charge in [-0.25, -0.2) is 0 Å². The van der Waals surface area contributed by atoms with E-state index in [1.807, 2.05) is 20.8 Å². The molecule has 41 heavy (non-hydrogen) atoms. The zero-order valence-electron chi connectivity index (χ0n) is 23.3. The molecule has 0 aliphatic carbocycles. The van der Waals surface area contributed by atoms with Crippen LogP contribution in [0.5, 0.6) is 0 Å². The second-order valence-corrected chi connectivity index (χ2v) is 11.3. The summed E-state index contributed by atoms with van der Waals surface area (Å²) in [5.74, 6) is 6.77. The van der Waals surface area contributed by atoms with Crippen LogP contribution in [-0.4, -0.2) is 31.3 Å². The van der Waals surface area contributed by atoms with Gasteiger partial charge in [-0.1, -0.05) is 74.6 Å². The minimum absolute atomic E-state index is 0. The second-order valence-electron chi connectivity index (χ2n) is 9.31. The van der Waals surface area contributed by atoms with E-state index >= 15 is 0 Å². The molecule has 0 aliphatic heterocycles. The Morgan fingerprint density at radius 3 is 1.66 bits per heavy atom. The molecule has 224 valence electrons. The van der Waals surface area contributed by atoms with Gasteiger partial charge in [-0.05, 0) is 53.9 Å². The number of anilines is 1. The smallest absolute Gasteiger partial charge is 0.850 e. The molecule has 0 saturated carbocycles. The van der Waals surface area contributed by atoms with Gasteiger partial charge in [0.05, 0.1) is 31.5 Å². The molecule has 14 heteroatoms. The fourth-order valence-corrected chi connectivity index (χ4v) is 2.30. The Balaban J connectivity index is -0.000000224. The Morgan fingerprint density at radius 2 is 1.37 bits per heavy atom. The number of hydrazine groups is 1. The topological polar surface area (TPSA) is 139 Å². The summed E-state index contributed by atoms with van der Waals surface area (Å²) in [6.07, 6.45) is 6.07. The van der Waals surface area contributed by atoms with Gasteiger partial charge in [-0.2, -0.15) is 0 Å². The Bertz CT molecular complexity index is 1240. The van der Waals surface area contributed by atoms with Crippen molar-refractivity contribution >= 4 is 68.9 Å². The molecule has 1 heterocycles. The summed E-state index contributed by atoms with van der Waals surface area (Å²) in [5, 5.41) is 20.9. The molecule has 0 aliphatic rings. The standard InChI is InChI=1S/C9H6Cl2N2O.C6H6Cl2N2.C4H10O.C4H9O.C3HClO.CH4.K/c10-7-2-1-6(5-8(7)11)13-4-3-9(14)12-13;7-5-2-1-4(10-9)3-6(5)8;2*1-4(2,3)5;1-2-3(4)5;;/h1-5H,(H,12,14);1-3,10H,9H2;5H,1-3H3;1-3H3;1H;1H4;/q;;;-1;;;+1/p+1. The summed E-state index contributed by atoms with van der Waals surface area (Å²) in [4.78, 5) is 20.2. The zero-order valence-corrected chi connectivity index (χ0v) is 30.2. The van der Waals surface area contributed by atoms with Crippen molar-refractivity contribution in [3.05, 3.63) is 79.1 Å². The van der Waals surface area contributed by atoms with Crippen LogP contribution in [0.2, 0.25) is 20.1 Å². The van der Waals surface area contributed by atoms with Crippen molar-refractivity contribution in [3.8, 4) is 18.0 Å². The van der Waals surface area contributed by atoms with Crippen molar-refractivity contribution in [2.75, 3.05) is 5.43 Å². The van der Waals surface area contributed by atoms with Crippen LogP contribution in [0.15, 0.2) is 53.5 Å². The van der Waals surface area contributed by atoms with E-state index in [1.54, 1.807) is 74.0 Å². The first-order valence-corrected chi connectivity index (χ1v) is 12.8. The zero-order chi connectivity index (χ0) is 31.0. The van der Waals surface area contributed by atoms with Crippen LogP contribution in [0.25, 0.3) is 5.69 Å². The maximum Gasteiger partial charge on any atom is 1.00 e. The minimum atomic E-state index is -0.750. The fourth-order valence-electron chi connectivity index (χ4n) is 1.71. The van der Waals surface area contributed by atoms with Gasteiger partial charge >= 0.3 is 51.4 Å². The van der Waals surface area contributed by atoms with Crippen molar-refractivity contribution in [2.45, 2.75) is 60.2 Å². The van der Waals surface area contributed by atoms with E-state index in [-0.39, 0.29) is 70.0 Å². The quantitative estimate of drug-likeness (QED) is 0.0941. The molecule has 0 radical (unpaired) electrons. The number of aromatic amines is 1. The molecule has 0 atom stereocenters. The molecule has 0 amide bonds. The number of benzene rings is 2. The minimum Gasteiger partial charge on any atom is -0.850 e. The largest absolute Gasteiger partial charge is 1.00 e. The number of nitrogens with zero attached hydrogens (tertiary/aromatic N) is 1. The average molecular weight is 698 g/mol. The van der Waals surface area contributed by atoms with Gasteiger partial charge in [0.1, 0.15) is 0 Å². The normalized spacial score (nSPS) is 9.49. The maximum atomic E-state index is 10.9. The molecule has 0 unspecified atom stereocenters. The van der Waals surface area contributed by atoms with Crippen molar-refractivity contribution < 1.29 is 66.4 Å². The van der Waals surface area contributed by atoms with E-state index in [1.165, 1.54) is 6.07 Å². The Hall–Kier alpha value is -0.554. The van der Waals surface area contributed by atoms with Gasteiger partial charge in [-0.3, -0.25) is 25.2 Å². The van der Waals surface area contributed by atoms with Crippen LogP contribution in [-0.2, 0) is 4.79 Å². The first-order valence-electron chi connectivity index (χ1n) is 10.9. The number of terminal acetylenes is 1.